The van der Waals surface area contributed by atoms with Crippen LogP contribution in [0.1, 0.15) is 23.2 Å². The molecule has 0 aliphatic carbocycles. The van der Waals surface area contributed by atoms with Crippen LogP contribution in [0.3, 0.4) is 0 Å². The Morgan fingerprint density at radius 2 is 1.26 bits per heavy atom. The van der Waals surface area contributed by atoms with Crippen LogP contribution in [0.2, 0.25) is 0 Å². The maximum atomic E-state index is 10.2. The number of carbonyl (C=O) groups is 3. The highest BCUT2D eigenvalue weighted by molar-refractivity contribution is 5.87. The molecule has 0 bridgehead atoms. The number of aromatic carboxylic acids is 1. The normalized spacial score (nSPS) is 7.79. The molecule has 0 aromatic heterocycles. The first kappa shape index (κ1) is 21.8. The number of benzene rings is 1. The number of hydrogen-bond acceptors (Lipinski definition) is 5. The highest BCUT2D eigenvalue weighted by Crippen LogP contribution is 1.96. The largest absolute Gasteiger partial charge is 0.550 e. The molecule has 0 saturated carbocycles. The van der Waals surface area contributed by atoms with Crippen LogP contribution in [0.5, 0.6) is 0 Å². The van der Waals surface area contributed by atoms with Gasteiger partial charge in [0.1, 0.15) is 0 Å². The van der Waals surface area contributed by atoms with Gasteiger partial charge in [-0.3, -0.25) is 0 Å². The Morgan fingerprint density at radius 1 is 0.895 bits per heavy atom. The zero-order valence-electron chi connectivity index (χ0n) is 10.8. The number of quaternary nitrogens is 2. The van der Waals surface area contributed by atoms with Crippen molar-refractivity contribution in [3.8, 4) is 0 Å². The molecule has 0 aliphatic heterocycles. The first-order chi connectivity index (χ1) is 7.93. The third-order valence-electron chi connectivity index (χ3n) is 1.55. The Hall–Kier alpha value is -2.45. The lowest BCUT2D eigenvalue weighted by Crippen LogP contribution is -2.27. The lowest BCUT2D eigenvalue weighted by Gasteiger charge is -2.00. The van der Waals surface area contributed by atoms with Crippen LogP contribution in [0.4, 0.5) is 0 Å². The second-order valence-corrected chi connectivity index (χ2v) is 2.92. The quantitative estimate of drug-likeness (QED) is 0.656. The molecule has 0 saturated heterocycles. The highest BCUT2D eigenvalue weighted by Gasteiger charge is 1.96. The van der Waals surface area contributed by atoms with E-state index in [1.807, 2.05) is 0 Å². The van der Waals surface area contributed by atoms with E-state index in [0.29, 0.717) is 5.56 Å². The summed E-state index contributed by atoms with van der Waals surface area (Å²) in [5.74, 6) is -3.61. The summed E-state index contributed by atoms with van der Waals surface area (Å²) in [5.41, 5.74) is 0.331. The molecule has 0 aliphatic rings. The summed E-state index contributed by atoms with van der Waals surface area (Å²) >= 11 is 0. The molecule has 0 spiro atoms. The fraction of sp³-hybridized carbons (Fsp3) is 0.182. The van der Waals surface area contributed by atoms with E-state index in [1.54, 1.807) is 30.3 Å². The predicted octanol–water partition coefficient (Wildman–Crippen LogP) is -0.596. The van der Waals surface area contributed by atoms with E-state index in [2.05, 4.69) is 0 Å². The van der Waals surface area contributed by atoms with Gasteiger partial charge in [0.2, 0.25) is 0 Å². The van der Waals surface area contributed by atoms with Gasteiger partial charge < -0.3 is 37.2 Å². The average Bonchev–Trinajstić information content (AvgIpc) is 2.28. The Kier molecular flexibility index (Phi) is 13.8. The van der Waals surface area contributed by atoms with Crippen LogP contribution in [-0.4, -0.2) is 23.0 Å². The minimum Gasteiger partial charge on any atom is -0.550 e. The summed E-state index contributed by atoms with van der Waals surface area (Å²) in [6.07, 6.45) is -0.940. The van der Waals surface area contributed by atoms with Gasteiger partial charge in [0, 0.05) is 11.9 Å². The molecular weight excluding hydrogens is 256 g/mol. The monoisotopic (exact) mass is 274 g/mol. The molecule has 19 heavy (non-hydrogen) atoms. The summed E-state index contributed by atoms with van der Waals surface area (Å²) in [6, 6.07) is 8.30. The molecular formula is C11H18N2O6. The molecule has 0 unspecified atom stereocenters. The van der Waals surface area contributed by atoms with Crippen molar-refractivity contribution in [3.63, 3.8) is 0 Å². The van der Waals surface area contributed by atoms with E-state index in [-0.39, 0.29) is 12.3 Å². The summed E-state index contributed by atoms with van der Waals surface area (Å²) in [5, 5.41) is 27.4. The summed E-state index contributed by atoms with van der Waals surface area (Å²) in [6.45, 7) is 0. The van der Waals surface area contributed by atoms with E-state index in [9.17, 15) is 24.6 Å². The van der Waals surface area contributed by atoms with Crippen molar-refractivity contribution >= 4 is 17.9 Å². The van der Waals surface area contributed by atoms with Crippen LogP contribution in [-0.2, 0) is 9.59 Å². The zero-order valence-corrected chi connectivity index (χ0v) is 10.8. The van der Waals surface area contributed by atoms with Gasteiger partial charge >= 0.3 is 5.97 Å². The maximum Gasteiger partial charge on any atom is 0.335 e. The van der Waals surface area contributed by atoms with Gasteiger partial charge in [0.05, 0.1) is 5.56 Å². The molecule has 0 amide bonds. The fourth-order valence-corrected chi connectivity index (χ4v) is 0.785. The molecule has 9 N–H and O–H groups in total. The summed E-state index contributed by atoms with van der Waals surface area (Å²) < 4.78 is 0. The topological polar surface area (TPSA) is 191 Å². The SMILES string of the molecule is O=C(O)c1ccccc1.O=C([O-])CCC(=O)[O-].[NH4+].[NH4+]. The Bertz CT molecular complexity index is 379. The van der Waals surface area contributed by atoms with Crippen molar-refractivity contribution in [3.05, 3.63) is 35.9 Å². The van der Waals surface area contributed by atoms with Crippen LogP contribution in [0.25, 0.3) is 0 Å². The van der Waals surface area contributed by atoms with E-state index in [4.69, 9.17) is 5.11 Å². The molecule has 1 rings (SSSR count). The van der Waals surface area contributed by atoms with Crippen molar-refractivity contribution in [2.75, 3.05) is 0 Å². The van der Waals surface area contributed by atoms with E-state index < -0.39 is 30.7 Å². The number of aliphatic carboxylic acids is 2. The first-order valence-electron chi connectivity index (χ1n) is 4.61. The van der Waals surface area contributed by atoms with Crippen molar-refractivity contribution in [1.82, 2.24) is 12.3 Å². The van der Waals surface area contributed by atoms with E-state index >= 15 is 0 Å². The molecule has 8 heteroatoms. The van der Waals surface area contributed by atoms with Crippen molar-refractivity contribution < 1.29 is 29.7 Å². The smallest absolute Gasteiger partial charge is 0.335 e. The number of carbonyl (C=O) groups excluding carboxylic acids is 2. The highest BCUT2D eigenvalue weighted by atomic mass is 16.4. The Balaban J connectivity index is -0.000000246. The van der Waals surface area contributed by atoms with E-state index in [1.165, 1.54) is 0 Å². The van der Waals surface area contributed by atoms with Gasteiger partial charge in [-0.25, -0.2) is 4.79 Å². The zero-order chi connectivity index (χ0) is 13.3. The van der Waals surface area contributed by atoms with Crippen molar-refractivity contribution in [2.24, 2.45) is 0 Å². The maximum absolute atomic E-state index is 10.2. The van der Waals surface area contributed by atoms with Gasteiger partial charge in [0.15, 0.2) is 0 Å². The Labute approximate surface area is 109 Å². The molecule has 1 aromatic carbocycles. The van der Waals surface area contributed by atoms with Crippen LogP contribution < -0.4 is 22.5 Å². The molecule has 0 heterocycles. The first-order valence-corrected chi connectivity index (χ1v) is 4.61. The van der Waals surface area contributed by atoms with Crippen molar-refractivity contribution in [1.29, 1.82) is 0 Å². The second-order valence-electron chi connectivity index (χ2n) is 2.92. The molecule has 1 aromatic rings. The second kappa shape index (κ2) is 12.0. The molecule has 0 atom stereocenters. The third-order valence-corrected chi connectivity index (χ3v) is 1.55. The van der Waals surface area contributed by atoms with Gasteiger partial charge in [-0.05, 0) is 25.0 Å². The summed E-state index contributed by atoms with van der Waals surface area (Å²) in [7, 11) is 0. The number of carboxylic acids is 3. The standard InChI is InChI=1S/C7H6O2.C4H6O4.2H3N/c8-7(9)6-4-2-1-3-5-6;5-3(6)1-2-4(7)8;;/h1-5H,(H,8,9);1-2H2,(H,5,6)(H,7,8);2*1H3. The summed E-state index contributed by atoms with van der Waals surface area (Å²) in [4.78, 5) is 29.2. The van der Waals surface area contributed by atoms with E-state index in [0.717, 1.165) is 0 Å². The number of rotatable bonds is 4. The molecule has 0 radical (unpaired) electrons. The lowest BCUT2D eigenvalue weighted by molar-refractivity contribution is -0.315. The molecule has 8 nitrogen and oxygen atoms in total. The van der Waals surface area contributed by atoms with Crippen LogP contribution >= 0.6 is 0 Å². The third kappa shape index (κ3) is 13.5. The average molecular weight is 274 g/mol. The molecule has 0 fully saturated rings. The minimum atomic E-state index is -1.37. The van der Waals surface area contributed by atoms with Crippen LogP contribution in [0, 0.1) is 0 Å². The van der Waals surface area contributed by atoms with Gasteiger partial charge in [-0.1, -0.05) is 18.2 Å². The van der Waals surface area contributed by atoms with Gasteiger partial charge in [-0.15, -0.1) is 0 Å². The van der Waals surface area contributed by atoms with Crippen LogP contribution in [0.15, 0.2) is 30.3 Å². The fourth-order valence-electron chi connectivity index (χ4n) is 0.785. The Morgan fingerprint density at radius 3 is 1.47 bits per heavy atom. The molecule has 108 valence electrons. The minimum absolute atomic E-state index is 0. The number of hydrogen-bond donors (Lipinski definition) is 3. The van der Waals surface area contributed by atoms with Gasteiger partial charge in [0.25, 0.3) is 0 Å². The van der Waals surface area contributed by atoms with Gasteiger partial charge in [-0.2, -0.15) is 0 Å². The van der Waals surface area contributed by atoms with Crippen molar-refractivity contribution in [2.45, 2.75) is 12.8 Å². The predicted molar refractivity (Wildman–Crippen MR) is 64.6 cm³/mol. The lowest BCUT2D eigenvalue weighted by atomic mass is 10.2. The number of carboxylic acid groups (broad SMARTS) is 3.